The summed E-state index contributed by atoms with van der Waals surface area (Å²) < 4.78 is 0. The lowest BCUT2D eigenvalue weighted by Crippen LogP contribution is -2.08. The number of halogens is 1. The second-order valence-electron chi connectivity index (χ2n) is 3.23. The molecule has 4 nitrogen and oxygen atoms in total. The largest absolute Gasteiger partial charge is 0.477 e. The summed E-state index contributed by atoms with van der Waals surface area (Å²) in [5.41, 5.74) is 0.862. The molecule has 0 aliphatic rings. The molecule has 90 valence electrons. The number of carbonyl (C=O) groups is 1. The molecule has 0 unspecified atom stereocenters. The van der Waals surface area contributed by atoms with E-state index in [4.69, 9.17) is 21.5 Å². The van der Waals surface area contributed by atoms with Crippen molar-refractivity contribution in [2.24, 2.45) is 5.16 Å². The Kier molecular flexibility index (Phi) is 5.23. The number of hydrogen-bond acceptors (Lipinski definition) is 3. The molecule has 0 fully saturated rings. The Morgan fingerprint density at radius 2 is 2.35 bits per heavy atom. The Hall–Kier alpha value is -1.81. The molecule has 0 aromatic heterocycles. The van der Waals surface area contributed by atoms with E-state index in [-0.39, 0.29) is 12.3 Å². The van der Waals surface area contributed by atoms with E-state index in [1.165, 1.54) is 6.92 Å². The van der Waals surface area contributed by atoms with Crippen LogP contribution in [0, 0.1) is 0 Å². The average molecular weight is 254 g/mol. The molecule has 1 aromatic carbocycles. The predicted octanol–water partition coefficient (Wildman–Crippen LogP) is 2.83. The van der Waals surface area contributed by atoms with Crippen LogP contribution < -0.4 is 0 Å². The van der Waals surface area contributed by atoms with Crippen LogP contribution in [0.15, 0.2) is 35.5 Å². The van der Waals surface area contributed by atoms with Gasteiger partial charge in [0.2, 0.25) is 0 Å². The minimum atomic E-state index is -1.09. The monoisotopic (exact) mass is 253 g/mol. The first kappa shape index (κ1) is 13.3. The third-order valence-electron chi connectivity index (χ3n) is 1.84. The predicted molar refractivity (Wildman–Crippen MR) is 67.2 cm³/mol. The Labute approximate surface area is 104 Å². The summed E-state index contributed by atoms with van der Waals surface area (Å²) >= 11 is 5.81. The van der Waals surface area contributed by atoms with Crippen LogP contribution in [0.25, 0.3) is 6.08 Å². The first-order valence-electron chi connectivity index (χ1n) is 4.91. The van der Waals surface area contributed by atoms with Gasteiger partial charge in [-0.2, -0.15) is 0 Å². The van der Waals surface area contributed by atoms with E-state index >= 15 is 0 Å². The lowest BCUT2D eigenvalue weighted by Gasteiger charge is -1.96. The molecule has 0 spiro atoms. The zero-order valence-electron chi connectivity index (χ0n) is 9.26. The van der Waals surface area contributed by atoms with Gasteiger partial charge >= 0.3 is 5.97 Å². The van der Waals surface area contributed by atoms with Gasteiger partial charge in [0.15, 0.2) is 5.71 Å². The fourth-order valence-corrected chi connectivity index (χ4v) is 1.21. The number of carboxylic acid groups (broad SMARTS) is 1. The SMILES string of the molecule is CC(=NOC/C=C/c1cccc(Cl)c1)C(=O)O. The Morgan fingerprint density at radius 3 is 3.00 bits per heavy atom. The molecular weight excluding hydrogens is 242 g/mol. The van der Waals surface area contributed by atoms with Gasteiger partial charge < -0.3 is 9.94 Å². The summed E-state index contributed by atoms with van der Waals surface area (Å²) in [5, 5.41) is 12.6. The van der Waals surface area contributed by atoms with E-state index in [0.29, 0.717) is 5.02 Å². The zero-order valence-corrected chi connectivity index (χ0v) is 10.0. The van der Waals surface area contributed by atoms with Crippen molar-refractivity contribution in [3.8, 4) is 0 Å². The van der Waals surface area contributed by atoms with Crippen LogP contribution in [0.3, 0.4) is 0 Å². The molecule has 1 rings (SSSR count). The topological polar surface area (TPSA) is 58.9 Å². The van der Waals surface area contributed by atoms with E-state index in [9.17, 15) is 4.79 Å². The molecule has 1 aromatic rings. The fraction of sp³-hybridized carbons (Fsp3) is 0.167. The maximum Gasteiger partial charge on any atom is 0.353 e. The standard InChI is InChI=1S/C12H12ClNO3/c1-9(12(15)16)14-17-7-3-5-10-4-2-6-11(13)8-10/h2-6,8H,7H2,1H3,(H,15,16)/b5-3+,14-9?. The van der Waals surface area contributed by atoms with E-state index < -0.39 is 5.97 Å². The molecule has 0 amide bonds. The summed E-state index contributed by atoms with van der Waals surface area (Å²) in [4.78, 5) is 15.2. The highest BCUT2D eigenvalue weighted by atomic mass is 35.5. The molecule has 1 N–H and O–H groups in total. The number of oxime groups is 1. The summed E-state index contributed by atoms with van der Waals surface area (Å²) in [7, 11) is 0. The first-order valence-corrected chi connectivity index (χ1v) is 5.29. The van der Waals surface area contributed by atoms with Gasteiger partial charge in [-0.3, -0.25) is 0 Å². The van der Waals surface area contributed by atoms with Crippen molar-refractivity contribution in [2.75, 3.05) is 6.61 Å². The van der Waals surface area contributed by atoms with Crippen molar-refractivity contribution in [1.82, 2.24) is 0 Å². The third-order valence-corrected chi connectivity index (χ3v) is 2.08. The van der Waals surface area contributed by atoms with Crippen molar-refractivity contribution < 1.29 is 14.7 Å². The number of rotatable bonds is 5. The highest BCUT2D eigenvalue weighted by Crippen LogP contribution is 2.11. The smallest absolute Gasteiger partial charge is 0.353 e. The number of hydrogen-bond donors (Lipinski definition) is 1. The van der Waals surface area contributed by atoms with Gasteiger partial charge in [0.1, 0.15) is 6.61 Å². The van der Waals surface area contributed by atoms with Crippen molar-refractivity contribution >= 4 is 29.4 Å². The molecule has 5 heteroatoms. The van der Waals surface area contributed by atoms with Crippen molar-refractivity contribution in [3.63, 3.8) is 0 Å². The lowest BCUT2D eigenvalue weighted by atomic mass is 10.2. The van der Waals surface area contributed by atoms with Crippen LogP contribution in [0.5, 0.6) is 0 Å². The maximum absolute atomic E-state index is 10.4. The molecule has 0 saturated carbocycles. The van der Waals surface area contributed by atoms with Crippen molar-refractivity contribution in [2.45, 2.75) is 6.92 Å². The average Bonchev–Trinajstić information content (AvgIpc) is 2.28. The minimum absolute atomic E-state index is 0.0823. The Balaban J connectivity index is 2.41. The molecule has 0 radical (unpaired) electrons. The molecule has 17 heavy (non-hydrogen) atoms. The highest BCUT2D eigenvalue weighted by Gasteiger charge is 2.00. The number of nitrogens with zero attached hydrogens (tertiary/aromatic N) is 1. The molecular formula is C12H12ClNO3. The minimum Gasteiger partial charge on any atom is -0.477 e. The maximum atomic E-state index is 10.4. The van der Waals surface area contributed by atoms with E-state index in [2.05, 4.69) is 5.16 Å². The number of benzene rings is 1. The number of aliphatic carboxylic acids is 1. The molecule has 0 aliphatic carbocycles. The van der Waals surface area contributed by atoms with Gasteiger partial charge in [-0.15, -0.1) is 0 Å². The van der Waals surface area contributed by atoms with Gasteiger partial charge in [-0.25, -0.2) is 4.79 Å². The zero-order chi connectivity index (χ0) is 12.7. The van der Waals surface area contributed by atoms with Crippen LogP contribution in [-0.2, 0) is 9.63 Å². The van der Waals surface area contributed by atoms with Gasteiger partial charge in [-0.05, 0) is 30.7 Å². The molecule has 0 aliphatic heterocycles. The summed E-state index contributed by atoms with van der Waals surface area (Å²) in [6.07, 6.45) is 3.54. The Bertz CT molecular complexity index is 455. The molecule has 0 atom stereocenters. The fourth-order valence-electron chi connectivity index (χ4n) is 1.01. The second kappa shape index (κ2) is 6.70. The molecule has 0 bridgehead atoms. The van der Waals surface area contributed by atoms with Crippen LogP contribution >= 0.6 is 11.6 Å². The van der Waals surface area contributed by atoms with Crippen LogP contribution in [0.4, 0.5) is 0 Å². The molecule has 0 saturated heterocycles. The highest BCUT2D eigenvalue weighted by molar-refractivity contribution is 6.34. The summed E-state index contributed by atoms with van der Waals surface area (Å²) in [5.74, 6) is -1.09. The van der Waals surface area contributed by atoms with Crippen LogP contribution in [0.1, 0.15) is 12.5 Å². The van der Waals surface area contributed by atoms with E-state index in [1.807, 2.05) is 24.3 Å². The van der Waals surface area contributed by atoms with Gasteiger partial charge in [0, 0.05) is 5.02 Å². The van der Waals surface area contributed by atoms with Gasteiger partial charge in [-0.1, -0.05) is 35.0 Å². The summed E-state index contributed by atoms with van der Waals surface area (Å²) in [6, 6.07) is 7.34. The van der Waals surface area contributed by atoms with Gasteiger partial charge in [0.05, 0.1) is 0 Å². The van der Waals surface area contributed by atoms with Crippen LogP contribution in [0.2, 0.25) is 5.02 Å². The molecule has 0 heterocycles. The second-order valence-corrected chi connectivity index (χ2v) is 3.67. The first-order chi connectivity index (χ1) is 8.09. The van der Waals surface area contributed by atoms with Crippen LogP contribution in [-0.4, -0.2) is 23.4 Å². The van der Waals surface area contributed by atoms with E-state index in [1.54, 1.807) is 12.1 Å². The van der Waals surface area contributed by atoms with Crippen molar-refractivity contribution in [3.05, 3.63) is 40.9 Å². The lowest BCUT2D eigenvalue weighted by molar-refractivity contribution is -0.129. The Morgan fingerprint density at radius 1 is 1.59 bits per heavy atom. The van der Waals surface area contributed by atoms with Crippen molar-refractivity contribution in [1.29, 1.82) is 0 Å². The van der Waals surface area contributed by atoms with Gasteiger partial charge in [0.25, 0.3) is 0 Å². The third kappa shape index (κ3) is 5.17. The number of carboxylic acids is 1. The summed E-state index contributed by atoms with van der Waals surface area (Å²) in [6.45, 7) is 1.57. The normalized spacial score (nSPS) is 11.8. The quantitative estimate of drug-likeness (QED) is 0.499. The van der Waals surface area contributed by atoms with E-state index in [0.717, 1.165) is 5.56 Å².